The number of hydrogen-bond donors (Lipinski definition) is 1. The summed E-state index contributed by atoms with van der Waals surface area (Å²) >= 11 is 0. The number of aliphatic hydroxyl groups excluding tert-OH is 1. The van der Waals surface area contributed by atoms with Gasteiger partial charge in [0.2, 0.25) is 6.17 Å². The maximum absolute atomic E-state index is 12.5. The first-order chi connectivity index (χ1) is 6.00. The van der Waals surface area contributed by atoms with Crippen LogP contribution in [0.3, 0.4) is 0 Å². The Bertz CT molecular complexity index is 184. The molecule has 0 aliphatic rings. The summed E-state index contributed by atoms with van der Waals surface area (Å²) in [5.74, 6) is -1.52. The lowest BCUT2D eigenvalue weighted by molar-refractivity contribution is -0.157. The molecule has 13 heavy (non-hydrogen) atoms. The lowest BCUT2D eigenvalue weighted by Gasteiger charge is -2.12. The Balaban J connectivity index is 4.01. The standard InChI is InChI=1S/C7H9F3O3/c1-2-3-13-7(12)4(8)5(11)6(9)10/h2,4-6,11H,1,3H2. The third-order valence-electron chi connectivity index (χ3n) is 1.13. The van der Waals surface area contributed by atoms with Gasteiger partial charge in [0.05, 0.1) is 0 Å². The van der Waals surface area contributed by atoms with Crippen LogP contribution in [-0.2, 0) is 9.53 Å². The van der Waals surface area contributed by atoms with Crippen LogP contribution in [0.5, 0.6) is 0 Å². The fourth-order valence-electron chi connectivity index (χ4n) is 0.488. The van der Waals surface area contributed by atoms with E-state index in [2.05, 4.69) is 11.3 Å². The Morgan fingerprint density at radius 2 is 2.08 bits per heavy atom. The second kappa shape index (κ2) is 5.58. The molecule has 2 unspecified atom stereocenters. The zero-order valence-electron chi connectivity index (χ0n) is 6.62. The molecule has 0 rings (SSSR count). The highest BCUT2D eigenvalue weighted by Crippen LogP contribution is 2.10. The molecule has 76 valence electrons. The smallest absolute Gasteiger partial charge is 0.344 e. The molecule has 1 N–H and O–H groups in total. The summed E-state index contributed by atoms with van der Waals surface area (Å²) in [7, 11) is 0. The average Bonchev–Trinajstić information content (AvgIpc) is 2.11. The summed E-state index contributed by atoms with van der Waals surface area (Å²) in [6, 6.07) is 0. The van der Waals surface area contributed by atoms with Crippen molar-refractivity contribution in [2.75, 3.05) is 6.61 Å². The molecule has 0 aliphatic heterocycles. The van der Waals surface area contributed by atoms with Gasteiger partial charge in [0.25, 0.3) is 6.43 Å². The van der Waals surface area contributed by atoms with E-state index in [-0.39, 0.29) is 6.61 Å². The van der Waals surface area contributed by atoms with E-state index >= 15 is 0 Å². The Morgan fingerprint density at radius 1 is 1.54 bits per heavy atom. The van der Waals surface area contributed by atoms with E-state index in [1.54, 1.807) is 0 Å². The Kier molecular flexibility index (Phi) is 5.13. The zero-order valence-corrected chi connectivity index (χ0v) is 6.62. The Morgan fingerprint density at radius 3 is 2.46 bits per heavy atom. The summed E-state index contributed by atoms with van der Waals surface area (Å²) in [5.41, 5.74) is 0. The quantitative estimate of drug-likeness (QED) is 0.522. The second-order valence-electron chi connectivity index (χ2n) is 2.15. The minimum absolute atomic E-state index is 0.283. The van der Waals surface area contributed by atoms with E-state index in [1.807, 2.05) is 0 Å². The number of carbonyl (C=O) groups excluding carboxylic acids is 1. The van der Waals surface area contributed by atoms with Gasteiger partial charge in [-0.2, -0.15) is 0 Å². The summed E-state index contributed by atoms with van der Waals surface area (Å²) in [5, 5.41) is 8.41. The van der Waals surface area contributed by atoms with Crippen LogP contribution in [0, 0.1) is 0 Å². The van der Waals surface area contributed by atoms with Crippen LogP contribution in [0.25, 0.3) is 0 Å². The molecule has 3 nitrogen and oxygen atoms in total. The number of esters is 1. The lowest BCUT2D eigenvalue weighted by atomic mass is 10.2. The molecular weight excluding hydrogens is 189 g/mol. The molecule has 6 heteroatoms. The van der Waals surface area contributed by atoms with Gasteiger partial charge < -0.3 is 9.84 Å². The number of ether oxygens (including phenoxy) is 1. The number of halogens is 3. The molecule has 0 bridgehead atoms. The number of alkyl halides is 3. The third-order valence-corrected chi connectivity index (χ3v) is 1.13. The van der Waals surface area contributed by atoms with E-state index < -0.39 is 24.7 Å². The van der Waals surface area contributed by atoms with Crippen LogP contribution < -0.4 is 0 Å². The van der Waals surface area contributed by atoms with Crippen LogP contribution in [0.15, 0.2) is 12.7 Å². The molecule has 0 spiro atoms. The molecule has 0 amide bonds. The van der Waals surface area contributed by atoms with Crippen molar-refractivity contribution in [3.63, 3.8) is 0 Å². The van der Waals surface area contributed by atoms with E-state index in [0.717, 1.165) is 6.08 Å². The highest BCUT2D eigenvalue weighted by molar-refractivity contribution is 5.75. The van der Waals surface area contributed by atoms with Crippen molar-refractivity contribution in [2.45, 2.75) is 18.7 Å². The SMILES string of the molecule is C=CCOC(=O)C(F)C(O)C(F)F. The predicted molar refractivity (Wildman–Crippen MR) is 38.1 cm³/mol. The minimum atomic E-state index is -3.31. The fraction of sp³-hybridized carbons (Fsp3) is 0.571. The van der Waals surface area contributed by atoms with Crippen molar-refractivity contribution in [3.8, 4) is 0 Å². The number of rotatable bonds is 5. The molecule has 0 heterocycles. The summed E-state index contributed by atoms with van der Waals surface area (Å²) in [4.78, 5) is 10.5. The van der Waals surface area contributed by atoms with Crippen LogP contribution in [-0.4, -0.2) is 36.4 Å². The van der Waals surface area contributed by atoms with Crippen molar-refractivity contribution in [1.82, 2.24) is 0 Å². The number of aliphatic hydroxyl groups is 1. The molecule has 0 saturated carbocycles. The topological polar surface area (TPSA) is 46.5 Å². The molecule has 0 radical (unpaired) electrons. The monoisotopic (exact) mass is 198 g/mol. The third kappa shape index (κ3) is 3.93. The summed E-state index contributed by atoms with van der Waals surface area (Å²) in [6.45, 7) is 2.88. The molecule has 0 aromatic heterocycles. The van der Waals surface area contributed by atoms with Gasteiger partial charge in [0.1, 0.15) is 6.61 Å². The normalized spacial score (nSPS) is 15.2. The van der Waals surface area contributed by atoms with Crippen molar-refractivity contribution in [1.29, 1.82) is 0 Å². The minimum Gasteiger partial charge on any atom is -0.459 e. The fourth-order valence-corrected chi connectivity index (χ4v) is 0.488. The summed E-state index contributed by atoms with van der Waals surface area (Å²) in [6.07, 6.45) is -7.53. The van der Waals surface area contributed by atoms with Crippen LogP contribution in [0.2, 0.25) is 0 Å². The Hall–Kier alpha value is -1.04. The van der Waals surface area contributed by atoms with E-state index in [1.165, 1.54) is 0 Å². The van der Waals surface area contributed by atoms with Gasteiger partial charge in [-0.25, -0.2) is 18.0 Å². The lowest BCUT2D eigenvalue weighted by Crippen LogP contribution is -2.36. The average molecular weight is 198 g/mol. The maximum Gasteiger partial charge on any atom is 0.344 e. The number of hydrogen-bond acceptors (Lipinski definition) is 3. The van der Waals surface area contributed by atoms with Gasteiger partial charge in [-0.05, 0) is 0 Å². The maximum atomic E-state index is 12.5. The first kappa shape index (κ1) is 12.0. The molecule has 0 aromatic rings. The molecular formula is C7H9F3O3. The van der Waals surface area contributed by atoms with E-state index in [9.17, 15) is 18.0 Å². The first-order valence-electron chi connectivity index (χ1n) is 3.38. The van der Waals surface area contributed by atoms with Crippen LogP contribution in [0.1, 0.15) is 0 Å². The molecule has 0 aromatic carbocycles. The van der Waals surface area contributed by atoms with Gasteiger partial charge in [0, 0.05) is 0 Å². The number of carbonyl (C=O) groups is 1. The largest absolute Gasteiger partial charge is 0.459 e. The molecule has 0 aliphatic carbocycles. The van der Waals surface area contributed by atoms with Crippen molar-refractivity contribution in [3.05, 3.63) is 12.7 Å². The van der Waals surface area contributed by atoms with Gasteiger partial charge in [-0.1, -0.05) is 12.7 Å². The van der Waals surface area contributed by atoms with Crippen LogP contribution in [0.4, 0.5) is 13.2 Å². The highest BCUT2D eigenvalue weighted by atomic mass is 19.3. The van der Waals surface area contributed by atoms with Crippen LogP contribution >= 0.6 is 0 Å². The first-order valence-corrected chi connectivity index (χ1v) is 3.38. The summed E-state index contributed by atoms with van der Waals surface area (Å²) < 4.78 is 39.9. The van der Waals surface area contributed by atoms with Gasteiger partial charge >= 0.3 is 5.97 Å². The van der Waals surface area contributed by atoms with Gasteiger partial charge in [-0.15, -0.1) is 0 Å². The van der Waals surface area contributed by atoms with Crippen molar-refractivity contribution in [2.24, 2.45) is 0 Å². The zero-order chi connectivity index (χ0) is 10.4. The highest BCUT2D eigenvalue weighted by Gasteiger charge is 2.34. The predicted octanol–water partition coefficient (Wildman–Crippen LogP) is 0.680. The second-order valence-corrected chi connectivity index (χ2v) is 2.15. The van der Waals surface area contributed by atoms with Gasteiger partial charge in [-0.3, -0.25) is 0 Å². The Labute approximate surface area is 72.8 Å². The van der Waals surface area contributed by atoms with Crippen molar-refractivity contribution >= 4 is 5.97 Å². The molecule has 0 saturated heterocycles. The van der Waals surface area contributed by atoms with Gasteiger partial charge in [0.15, 0.2) is 6.10 Å². The molecule has 0 fully saturated rings. The van der Waals surface area contributed by atoms with E-state index in [0.29, 0.717) is 0 Å². The molecule has 2 atom stereocenters. The van der Waals surface area contributed by atoms with Crippen molar-refractivity contribution < 1.29 is 27.8 Å². The van der Waals surface area contributed by atoms with E-state index in [4.69, 9.17) is 5.11 Å².